The first kappa shape index (κ1) is 15.5. The molecular formula is C17H22FN5. The van der Waals surface area contributed by atoms with Gasteiger partial charge in [-0.25, -0.2) is 4.39 Å². The van der Waals surface area contributed by atoms with Crippen molar-refractivity contribution < 1.29 is 4.39 Å². The Morgan fingerprint density at radius 2 is 2.09 bits per heavy atom. The second-order valence-electron chi connectivity index (χ2n) is 5.88. The second kappa shape index (κ2) is 6.81. The van der Waals surface area contributed by atoms with E-state index in [1.54, 1.807) is 7.05 Å². The van der Waals surface area contributed by atoms with Crippen molar-refractivity contribution in [1.29, 1.82) is 0 Å². The van der Waals surface area contributed by atoms with Crippen LogP contribution in [0.25, 0.3) is 0 Å². The fourth-order valence-corrected chi connectivity index (χ4v) is 3.11. The van der Waals surface area contributed by atoms with Crippen molar-refractivity contribution in [3.63, 3.8) is 0 Å². The summed E-state index contributed by atoms with van der Waals surface area (Å²) >= 11 is 0. The first-order valence-electron chi connectivity index (χ1n) is 7.92. The Kier molecular flexibility index (Phi) is 4.60. The minimum absolute atomic E-state index is 0.0696. The Hall–Kier alpha value is -2.37. The van der Waals surface area contributed by atoms with E-state index >= 15 is 0 Å². The Morgan fingerprint density at radius 3 is 2.83 bits per heavy atom. The van der Waals surface area contributed by atoms with Gasteiger partial charge in [-0.3, -0.25) is 0 Å². The van der Waals surface area contributed by atoms with Gasteiger partial charge in [0, 0.05) is 25.7 Å². The van der Waals surface area contributed by atoms with E-state index in [1.165, 1.54) is 5.56 Å². The van der Waals surface area contributed by atoms with Gasteiger partial charge in [-0.15, -0.1) is 0 Å². The maximum absolute atomic E-state index is 14.0. The van der Waals surface area contributed by atoms with Crippen LogP contribution in [0.1, 0.15) is 18.4 Å². The number of halogens is 1. The fourth-order valence-electron chi connectivity index (χ4n) is 3.11. The largest absolute Gasteiger partial charge is 0.373 e. The number of benzene rings is 1. The average molecular weight is 315 g/mol. The lowest BCUT2D eigenvalue weighted by Crippen LogP contribution is -2.45. The molecule has 0 saturated carbocycles. The summed E-state index contributed by atoms with van der Waals surface area (Å²) in [5.41, 5.74) is 7.01. The first-order valence-corrected chi connectivity index (χ1v) is 7.92. The minimum Gasteiger partial charge on any atom is -0.373 e. The molecule has 1 aliphatic heterocycles. The van der Waals surface area contributed by atoms with Crippen molar-refractivity contribution in [2.24, 2.45) is 0 Å². The van der Waals surface area contributed by atoms with Crippen LogP contribution in [-0.2, 0) is 6.42 Å². The number of aromatic nitrogens is 2. The van der Waals surface area contributed by atoms with Crippen molar-refractivity contribution >= 4 is 17.6 Å². The Labute approximate surface area is 135 Å². The normalized spacial score (nSPS) is 21.2. The van der Waals surface area contributed by atoms with Crippen molar-refractivity contribution in [3.05, 3.63) is 42.0 Å². The number of rotatable bonds is 4. The summed E-state index contributed by atoms with van der Waals surface area (Å²) < 4.78 is 14.0. The van der Waals surface area contributed by atoms with Crippen molar-refractivity contribution in [3.8, 4) is 0 Å². The molecular weight excluding hydrogens is 293 g/mol. The lowest BCUT2D eigenvalue weighted by atomic mass is 9.94. The van der Waals surface area contributed by atoms with Crippen LogP contribution in [0.2, 0.25) is 0 Å². The Balaban J connectivity index is 1.87. The number of anilines is 3. The molecule has 2 unspecified atom stereocenters. The van der Waals surface area contributed by atoms with Gasteiger partial charge in [0.05, 0.1) is 0 Å². The third-order valence-corrected chi connectivity index (χ3v) is 4.25. The van der Waals surface area contributed by atoms with Crippen molar-refractivity contribution in [2.75, 3.05) is 29.5 Å². The Morgan fingerprint density at radius 1 is 1.30 bits per heavy atom. The molecule has 1 aromatic heterocycles. The van der Waals surface area contributed by atoms with Gasteiger partial charge < -0.3 is 16.0 Å². The summed E-state index contributed by atoms with van der Waals surface area (Å²) in [5.74, 6) is 1.66. The van der Waals surface area contributed by atoms with Gasteiger partial charge in [-0.2, -0.15) is 9.97 Å². The number of hydrogen-bond acceptors (Lipinski definition) is 5. The SMILES string of the molecule is CNc1cc(N2CCC(F)CC2Cc2ccccc2)nc(N)n1. The molecule has 0 aliphatic carbocycles. The fraction of sp³-hybridized carbons (Fsp3) is 0.412. The first-order chi connectivity index (χ1) is 11.2. The summed E-state index contributed by atoms with van der Waals surface area (Å²) in [6.07, 6.45) is 1.06. The predicted octanol–water partition coefficient (Wildman–Crippen LogP) is 2.65. The molecule has 3 rings (SSSR count). The average Bonchev–Trinajstić information content (AvgIpc) is 2.55. The van der Waals surface area contributed by atoms with Crippen LogP contribution >= 0.6 is 0 Å². The summed E-state index contributed by atoms with van der Waals surface area (Å²) in [4.78, 5) is 10.6. The van der Waals surface area contributed by atoms with Crippen LogP contribution in [0.3, 0.4) is 0 Å². The smallest absolute Gasteiger partial charge is 0.223 e. The van der Waals surface area contributed by atoms with Gasteiger partial charge in [0.25, 0.3) is 0 Å². The Bertz CT molecular complexity index is 649. The molecule has 2 aromatic rings. The van der Waals surface area contributed by atoms with Crippen LogP contribution in [0.5, 0.6) is 0 Å². The third kappa shape index (κ3) is 3.70. The van der Waals surface area contributed by atoms with Gasteiger partial charge in [-0.1, -0.05) is 30.3 Å². The van der Waals surface area contributed by atoms with Crippen molar-refractivity contribution in [2.45, 2.75) is 31.5 Å². The molecule has 3 N–H and O–H groups in total. The second-order valence-corrected chi connectivity index (χ2v) is 5.88. The van der Waals surface area contributed by atoms with Crippen LogP contribution in [0.4, 0.5) is 22.0 Å². The zero-order valence-corrected chi connectivity index (χ0v) is 13.2. The van der Waals surface area contributed by atoms with Gasteiger partial charge in [0.2, 0.25) is 5.95 Å². The van der Waals surface area contributed by atoms with Gasteiger partial charge in [-0.05, 0) is 24.8 Å². The molecule has 2 atom stereocenters. The maximum Gasteiger partial charge on any atom is 0.223 e. The van der Waals surface area contributed by atoms with Crippen LogP contribution < -0.4 is 16.0 Å². The van der Waals surface area contributed by atoms with E-state index in [0.29, 0.717) is 25.2 Å². The monoisotopic (exact) mass is 315 g/mol. The molecule has 23 heavy (non-hydrogen) atoms. The molecule has 0 bridgehead atoms. The summed E-state index contributed by atoms with van der Waals surface area (Å²) in [6, 6.07) is 12.1. The zero-order valence-electron chi connectivity index (χ0n) is 13.2. The zero-order chi connectivity index (χ0) is 16.2. The molecule has 1 aromatic carbocycles. The maximum atomic E-state index is 14.0. The minimum atomic E-state index is -0.761. The van der Waals surface area contributed by atoms with Gasteiger partial charge in [0.15, 0.2) is 0 Å². The molecule has 0 amide bonds. The number of nitrogens with zero attached hydrogens (tertiary/aromatic N) is 3. The van der Waals surface area contributed by atoms with Crippen LogP contribution in [0.15, 0.2) is 36.4 Å². The van der Waals surface area contributed by atoms with E-state index in [4.69, 9.17) is 5.73 Å². The highest BCUT2D eigenvalue weighted by molar-refractivity contribution is 5.53. The van der Waals surface area contributed by atoms with E-state index in [9.17, 15) is 4.39 Å². The molecule has 0 spiro atoms. The molecule has 0 radical (unpaired) electrons. The molecule has 1 aliphatic rings. The van der Waals surface area contributed by atoms with E-state index < -0.39 is 6.17 Å². The van der Waals surface area contributed by atoms with Crippen LogP contribution in [0, 0.1) is 0 Å². The molecule has 5 nitrogen and oxygen atoms in total. The topological polar surface area (TPSA) is 67.1 Å². The lowest BCUT2D eigenvalue weighted by Gasteiger charge is -2.38. The molecule has 1 saturated heterocycles. The number of nitrogen functional groups attached to an aromatic ring is 1. The highest BCUT2D eigenvalue weighted by Gasteiger charge is 2.29. The number of piperidine rings is 1. The number of nitrogens with one attached hydrogen (secondary N) is 1. The van der Waals surface area contributed by atoms with Gasteiger partial charge in [0.1, 0.15) is 17.8 Å². The number of hydrogen-bond donors (Lipinski definition) is 2. The lowest BCUT2D eigenvalue weighted by molar-refractivity contribution is 0.243. The summed E-state index contributed by atoms with van der Waals surface area (Å²) in [5, 5.41) is 2.99. The van der Waals surface area contributed by atoms with E-state index in [-0.39, 0.29) is 12.0 Å². The van der Waals surface area contributed by atoms with E-state index in [2.05, 4.69) is 32.3 Å². The molecule has 6 heteroatoms. The standard InChI is InChI=1S/C17H22FN5/c1-20-15-11-16(22-17(19)21-15)23-8-7-13(18)10-14(23)9-12-5-3-2-4-6-12/h2-6,11,13-14H,7-10H2,1H3,(H3,19,20,21,22). The van der Waals surface area contributed by atoms with Crippen LogP contribution in [-0.4, -0.2) is 35.8 Å². The molecule has 122 valence electrons. The number of alkyl halides is 1. The van der Waals surface area contributed by atoms with Gasteiger partial charge >= 0.3 is 0 Å². The highest BCUT2D eigenvalue weighted by atomic mass is 19.1. The highest BCUT2D eigenvalue weighted by Crippen LogP contribution is 2.28. The summed E-state index contributed by atoms with van der Waals surface area (Å²) in [7, 11) is 1.79. The third-order valence-electron chi connectivity index (χ3n) is 4.25. The predicted molar refractivity (Wildman–Crippen MR) is 91.4 cm³/mol. The molecule has 2 heterocycles. The van der Waals surface area contributed by atoms with Crippen molar-refractivity contribution in [1.82, 2.24) is 9.97 Å². The quantitative estimate of drug-likeness (QED) is 0.908. The number of nitrogens with two attached hydrogens (primary N) is 1. The van der Waals surface area contributed by atoms with E-state index in [0.717, 1.165) is 12.2 Å². The van der Waals surface area contributed by atoms with E-state index in [1.807, 2.05) is 24.3 Å². The molecule has 1 fully saturated rings. The summed E-state index contributed by atoms with van der Waals surface area (Å²) in [6.45, 7) is 0.637.